The van der Waals surface area contributed by atoms with E-state index in [1.807, 2.05) is 0 Å². The van der Waals surface area contributed by atoms with E-state index in [1.165, 1.54) is 16.6 Å². The number of nitrogens with two attached hydrogens (primary N) is 1. The Bertz CT molecular complexity index is 1220. The lowest BCUT2D eigenvalue weighted by Gasteiger charge is -2.04. The number of anilines is 1. The summed E-state index contributed by atoms with van der Waals surface area (Å²) in [5.74, 6) is 0.873. The van der Waals surface area contributed by atoms with Gasteiger partial charge in [0, 0.05) is 0 Å². The van der Waals surface area contributed by atoms with Gasteiger partial charge in [-0.25, -0.2) is 14.1 Å². The molecule has 0 saturated carbocycles. The highest BCUT2D eigenvalue weighted by Gasteiger charge is 2.17. The smallest absolute Gasteiger partial charge is 0.225 e. The molecule has 4 aromatic heterocycles. The third-order valence-electron chi connectivity index (χ3n) is 4.08. The van der Waals surface area contributed by atoms with Gasteiger partial charge in [-0.05, 0) is 29.8 Å². The summed E-state index contributed by atoms with van der Waals surface area (Å²) in [6.45, 7) is 0.436. The maximum Gasteiger partial charge on any atom is 0.225 e. The molecule has 5 aromatic rings. The number of furan rings is 1. The summed E-state index contributed by atoms with van der Waals surface area (Å²) >= 11 is 0. The van der Waals surface area contributed by atoms with Crippen molar-refractivity contribution in [3.63, 3.8) is 0 Å². The Kier molecular flexibility index (Phi) is 3.02. The molecule has 128 valence electrons. The van der Waals surface area contributed by atoms with Gasteiger partial charge in [-0.2, -0.15) is 14.6 Å². The van der Waals surface area contributed by atoms with E-state index < -0.39 is 0 Å². The molecule has 0 spiro atoms. The van der Waals surface area contributed by atoms with Gasteiger partial charge in [0.2, 0.25) is 11.8 Å². The van der Waals surface area contributed by atoms with Crippen LogP contribution in [-0.2, 0) is 6.54 Å². The molecule has 0 bridgehead atoms. The minimum Gasteiger partial charge on any atom is -0.461 e. The second-order valence-electron chi connectivity index (χ2n) is 5.78. The lowest BCUT2D eigenvalue weighted by Crippen LogP contribution is -2.07. The van der Waals surface area contributed by atoms with E-state index in [0.717, 1.165) is 5.56 Å². The van der Waals surface area contributed by atoms with Crippen LogP contribution in [0.1, 0.15) is 5.56 Å². The van der Waals surface area contributed by atoms with Gasteiger partial charge >= 0.3 is 0 Å². The number of hydrogen-bond acceptors (Lipinski definition) is 6. The fourth-order valence-electron chi connectivity index (χ4n) is 2.85. The van der Waals surface area contributed by atoms with Crippen molar-refractivity contribution in [2.45, 2.75) is 6.54 Å². The highest BCUT2D eigenvalue weighted by molar-refractivity contribution is 5.90. The van der Waals surface area contributed by atoms with E-state index in [9.17, 15) is 4.39 Å². The Labute approximate surface area is 145 Å². The van der Waals surface area contributed by atoms with Crippen molar-refractivity contribution in [3.8, 4) is 11.6 Å². The topological polar surface area (TPSA) is 100 Å². The van der Waals surface area contributed by atoms with Crippen LogP contribution in [-0.4, -0.2) is 29.4 Å². The average Bonchev–Trinajstić information content (AvgIpc) is 3.36. The summed E-state index contributed by atoms with van der Waals surface area (Å²) in [7, 11) is 0. The monoisotopic (exact) mass is 349 g/mol. The SMILES string of the molecule is Nc1nc2c(cnn2Cc2ccc(F)cc2)c2nc(-c3ccco3)nn12. The zero-order valence-electron chi connectivity index (χ0n) is 13.4. The summed E-state index contributed by atoms with van der Waals surface area (Å²) < 4.78 is 21.6. The Hall–Kier alpha value is -3.75. The van der Waals surface area contributed by atoms with Gasteiger partial charge in [0.1, 0.15) is 5.82 Å². The number of halogens is 1. The van der Waals surface area contributed by atoms with Crippen LogP contribution < -0.4 is 5.73 Å². The zero-order valence-corrected chi connectivity index (χ0v) is 13.4. The quantitative estimate of drug-likeness (QED) is 0.537. The van der Waals surface area contributed by atoms with Crippen LogP contribution in [0.2, 0.25) is 0 Å². The van der Waals surface area contributed by atoms with Crippen LogP contribution in [0.25, 0.3) is 28.3 Å². The molecule has 26 heavy (non-hydrogen) atoms. The molecule has 0 aliphatic carbocycles. The van der Waals surface area contributed by atoms with Crippen molar-refractivity contribution in [1.29, 1.82) is 0 Å². The lowest BCUT2D eigenvalue weighted by molar-refractivity contribution is 0.577. The summed E-state index contributed by atoms with van der Waals surface area (Å²) in [6.07, 6.45) is 3.22. The van der Waals surface area contributed by atoms with Crippen LogP contribution in [0.15, 0.2) is 53.3 Å². The van der Waals surface area contributed by atoms with Gasteiger partial charge in [0.25, 0.3) is 0 Å². The predicted molar refractivity (Wildman–Crippen MR) is 91.7 cm³/mol. The molecular formula is C17H12FN7O. The molecule has 2 N–H and O–H groups in total. The van der Waals surface area contributed by atoms with Crippen molar-refractivity contribution in [2.75, 3.05) is 5.73 Å². The van der Waals surface area contributed by atoms with Crippen LogP contribution in [0.5, 0.6) is 0 Å². The van der Waals surface area contributed by atoms with Crippen molar-refractivity contribution in [2.24, 2.45) is 0 Å². The van der Waals surface area contributed by atoms with Gasteiger partial charge in [-0.15, -0.1) is 5.10 Å². The molecule has 9 heteroatoms. The summed E-state index contributed by atoms with van der Waals surface area (Å²) in [5.41, 5.74) is 8.08. The van der Waals surface area contributed by atoms with Gasteiger partial charge in [-0.1, -0.05) is 12.1 Å². The number of nitrogen functional groups attached to an aromatic ring is 1. The van der Waals surface area contributed by atoms with E-state index in [4.69, 9.17) is 10.2 Å². The number of rotatable bonds is 3. The van der Waals surface area contributed by atoms with Gasteiger partial charge in [-0.3, -0.25) is 0 Å². The molecule has 1 aromatic carbocycles. The minimum absolute atomic E-state index is 0.193. The van der Waals surface area contributed by atoms with Crippen LogP contribution >= 0.6 is 0 Å². The number of benzene rings is 1. The third kappa shape index (κ3) is 2.21. The van der Waals surface area contributed by atoms with Gasteiger partial charge in [0.05, 0.1) is 24.4 Å². The average molecular weight is 349 g/mol. The second-order valence-corrected chi connectivity index (χ2v) is 5.78. The fourth-order valence-corrected chi connectivity index (χ4v) is 2.85. The fraction of sp³-hybridized carbons (Fsp3) is 0.0588. The normalized spacial score (nSPS) is 11.6. The second kappa shape index (κ2) is 5.38. The largest absolute Gasteiger partial charge is 0.461 e. The maximum absolute atomic E-state index is 13.1. The first-order chi connectivity index (χ1) is 12.7. The Morgan fingerprint density at radius 2 is 1.92 bits per heavy atom. The molecule has 0 fully saturated rings. The minimum atomic E-state index is -0.280. The molecule has 0 amide bonds. The van der Waals surface area contributed by atoms with E-state index in [1.54, 1.807) is 41.4 Å². The summed E-state index contributed by atoms with van der Waals surface area (Å²) in [4.78, 5) is 8.92. The van der Waals surface area contributed by atoms with E-state index in [0.29, 0.717) is 34.8 Å². The first-order valence-corrected chi connectivity index (χ1v) is 7.85. The lowest BCUT2D eigenvalue weighted by atomic mass is 10.2. The molecule has 0 unspecified atom stereocenters. The highest BCUT2D eigenvalue weighted by atomic mass is 19.1. The Morgan fingerprint density at radius 1 is 1.08 bits per heavy atom. The van der Waals surface area contributed by atoms with Gasteiger partial charge in [0.15, 0.2) is 17.1 Å². The van der Waals surface area contributed by atoms with Crippen LogP contribution in [0, 0.1) is 5.82 Å². The number of hydrogen-bond donors (Lipinski definition) is 1. The van der Waals surface area contributed by atoms with Crippen molar-refractivity contribution < 1.29 is 8.81 Å². The van der Waals surface area contributed by atoms with Crippen molar-refractivity contribution in [1.82, 2.24) is 29.4 Å². The van der Waals surface area contributed by atoms with Gasteiger partial charge < -0.3 is 10.2 Å². The summed E-state index contributed by atoms with van der Waals surface area (Å²) in [5, 5.41) is 9.44. The third-order valence-corrected chi connectivity index (χ3v) is 4.08. The Balaban J connectivity index is 1.65. The van der Waals surface area contributed by atoms with Crippen molar-refractivity contribution >= 4 is 22.6 Å². The first kappa shape index (κ1) is 14.6. The molecule has 5 rings (SSSR count). The molecule has 8 nitrogen and oxygen atoms in total. The summed E-state index contributed by atoms with van der Waals surface area (Å²) in [6, 6.07) is 9.77. The van der Waals surface area contributed by atoms with Crippen molar-refractivity contribution in [3.05, 3.63) is 60.2 Å². The van der Waals surface area contributed by atoms with Crippen LogP contribution in [0.3, 0.4) is 0 Å². The molecule has 0 aliphatic rings. The van der Waals surface area contributed by atoms with E-state index in [2.05, 4.69) is 20.2 Å². The number of fused-ring (bicyclic) bond motifs is 3. The molecule has 0 radical (unpaired) electrons. The highest BCUT2D eigenvalue weighted by Crippen LogP contribution is 2.23. The Morgan fingerprint density at radius 3 is 2.69 bits per heavy atom. The molecule has 0 atom stereocenters. The molecule has 4 heterocycles. The molecule has 0 saturated heterocycles. The number of nitrogens with zero attached hydrogens (tertiary/aromatic N) is 6. The van der Waals surface area contributed by atoms with E-state index in [-0.39, 0.29) is 11.8 Å². The number of aromatic nitrogens is 6. The predicted octanol–water partition coefficient (Wildman–Crippen LogP) is 2.50. The zero-order chi connectivity index (χ0) is 17.7. The van der Waals surface area contributed by atoms with E-state index >= 15 is 0 Å². The first-order valence-electron chi connectivity index (χ1n) is 7.85. The van der Waals surface area contributed by atoms with Crippen LogP contribution in [0.4, 0.5) is 10.3 Å². The maximum atomic E-state index is 13.1. The molecule has 0 aliphatic heterocycles. The molecular weight excluding hydrogens is 337 g/mol. The standard InChI is InChI=1S/C17H12FN7O/c18-11-5-3-10(4-6-11)9-24-15-12(8-20-24)16-21-14(13-2-1-7-26-13)23-25(16)17(19)22-15/h1-8H,9H2,(H2,19,22).